The summed E-state index contributed by atoms with van der Waals surface area (Å²) in [5.41, 5.74) is 1.15. The minimum absolute atomic E-state index is 0.111. The zero-order chi connectivity index (χ0) is 14.2. The molecule has 0 saturated heterocycles. The second-order valence-electron chi connectivity index (χ2n) is 6.71. The number of benzene rings is 1. The van der Waals surface area contributed by atoms with Gasteiger partial charge in [-0.2, -0.15) is 0 Å². The van der Waals surface area contributed by atoms with Crippen LogP contribution in [0.1, 0.15) is 39.2 Å². The van der Waals surface area contributed by atoms with Gasteiger partial charge in [-0.05, 0) is 45.6 Å². The van der Waals surface area contributed by atoms with Gasteiger partial charge in [0.15, 0.2) is 11.5 Å². The molecule has 1 aromatic carbocycles. The van der Waals surface area contributed by atoms with E-state index < -0.39 is 0 Å². The van der Waals surface area contributed by atoms with Crippen molar-refractivity contribution in [2.24, 2.45) is 5.92 Å². The van der Waals surface area contributed by atoms with Crippen molar-refractivity contribution in [1.29, 1.82) is 0 Å². The molecule has 1 saturated carbocycles. The van der Waals surface area contributed by atoms with Crippen molar-refractivity contribution in [2.75, 3.05) is 13.2 Å². The van der Waals surface area contributed by atoms with Crippen LogP contribution in [0.4, 0.5) is 0 Å². The van der Waals surface area contributed by atoms with Gasteiger partial charge in [0.25, 0.3) is 0 Å². The standard InChI is InChI=1S/C17H25NO2/c1-12(13-7-8-13)18-9-10-19-15-6-4-5-14-11-17(2,3)20-16(14)15/h4-6,12-13,18H,7-11H2,1-3H3. The summed E-state index contributed by atoms with van der Waals surface area (Å²) in [6, 6.07) is 6.81. The highest BCUT2D eigenvalue weighted by molar-refractivity contribution is 5.50. The molecule has 1 aliphatic heterocycles. The molecule has 0 amide bonds. The van der Waals surface area contributed by atoms with E-state index in [1.807, 2.05) is 6.07 Å². The molecular weight excluding hydrogens is 250 g/mol. The average Bonchev–Trinajstić information content (AvgIpc) is 3.17. The number of hydrogen-bond acceptors (Lipinski definition) is 3. The Morgan fingerprint density at radius 1 is 1.40 bits per heavy atom. The van der Waals surface area contributed by atoms with Gasteiger partial charge in [0.1, 0.15) is 12.2 Å². The third kappa shape index (κ3) is 3.09. The number of rotatable bonds is 6. The molecule has 0 aromatic heterocycles. The van der Waals surface area contributed by atoms with Gasteiger partial charge in [-0.1, -0.05) is 12.1 Å². The van der Waals surface area contributed by atoms with E-state index in [1.165, 1.54) is 18.4 Å². The highest BCUT2D eigenvalue weighted by Crippen LogP contribution is 2.41. The van der Waals surface area contributed by atoms with Gasteiger partial charge in [-0.15, -0.1) is 0 Å². The summed E-state index contributed by atoms with van der Waals surface area (Å²) in [6.07, 6.45) is 3.71. The Morgan fingerprint density at radius 2 is 2.20 bits per heavy atom. The molecular formula is C17H25NO2. The largest absolute Gasteiger partial charge is 0.488 e. The van der Waals surface area contributed by atoms with Gasteiger partial charge >= 0.3 is 0 Å². The van der Waals surface area contributed by atoms with E-state index in [9.17, 15) is 0 Å². The van der Waals surface area contributed by atoms with Crippen molar-refractivity contribution >= 4 is 0 Å². The molecule has 0 spiro atoms. The van der Waals surface area contributed by atoms with Crippen molar-refractivity contribution in [3.8, 4) is 11.5 Å². The van der Waals surface area contributed by atoms with Gasteiger partial charge in [0.05, 0.1) is 0 Å². The molecule has 20 heavy (non-hydrogen) atoms. The number of nitrogens with one attached hydrogen (secondary N) is 1. The molecule has 1 atom stereocenters. The van der Waals surface area contributed by atoms with Crippen molar-refractivity contribution in [2.45, 2.75) is 51.7 Å². The number of ether oxygens (including phenoxy) is 2. The maximum absolute atomic E-state index is 6.01. The fourth-order valence-corrected chi connectivity index (χ4v) is 2.91. The van der Waals surface area contributed by atoms with Crippen LogP contribution >= 0.6 is 0 Å². The molecule has 110 valence electrons. The lowest BCUT2D eigenvalue weighted by Gasteiger charge is -2.18. The molecule has 1 heterocycles. The Morgan fingerprint density at radius 3 is 2.95 bits per heavy atom. The van der Waals surface area contributed by atoms with Crippen LogP contribution in [-0.4, -0.2) is 24.8 Å². The predicted molar refractivity (Wildman–Crippen MR) is 80.5 cm³/mol. The highest BCUT2D eigenvalue weighted by Gasteiger charge is 2.32. The number of fused-ring (bicyclic) bond motifs is 1. The third-order valence-corrected chi connectivity index (χ3v) is 4.21. The van der Waals surface area contributed by atoms with Crippen molar-refractivity contribution in [3.63, 3.8) is 0 Å². The van der Waals surface area contributed by atoms with E-state index in [4.69, 9.17) is 9.47 Å². The molecule has 2 aliphatic rings. The Hall–Kier alpha value is -1.22. The third-order valence-electron chi connectivity index (χ3n) is 4.21. The Balaban J connectivity index is 1.52. The number of hydrogen-bond donors (Lipinski definition) is 1. The fraction of sp³-hybridized carbons (Fsp3) is 0.647. The summed E-state index contributed by atoms with van der Waals surface area (Å²) in [5, 5.41) is 3.53. The summed E-state index contributed by atoms with van der Waals surface area (Å²) < 4.78 is 11.9. The van der Waals surface area contributed by atoms with Crippen LogP contribution in [0.3, 0.4) is 0 Å². The SMILES string of the molecule is CC(NCCOc1cccc2c1OC(C)(C)C2)C1CC1. The smallest absolute Gasteiger partial charge is 0.165 e. The zero-order valence-corrected chi connectivity index (χ0v) is 12.7. The van der Waals surface area contributed by atoms with Crippen molar-refractivity contribution in [3.05, 3.63) is 23.8 Å². The van der Waals surface area contributed by atoms with Crippen LogP contribution in [0, 0.1) is 5.92 Å². The highest BCUT2D eigenvalue weighted by atomic mass is 16.5. The molecule has 3 heteroatoms. The quantitative estimate of drug-likeness (QED) is 0.809. The van der Waals surface area contributed by atoms with Gasteiger partial charge in [-0.3, -0.25) is 0 Å². The predicted octanol–water partition coefficient (Wildman–Crippen LogP) is 3.17. The molecule has 1 fully saturated rings. The summed E-state index contributed by atoms with van der Waals surface area (Å²) >= 11 is 0. The normalized spacial score (nSPS) is 21.1. The van der Waals surface area contributed by atoms with E-state index >= 15 is 0 Å². The zero-order valence-electron chi connectivity index (χ0n) is 12.7. The molecule has 1 aromatic rings. The first-order valence-corrected chi connectivity index (χ1v) is 7.72. The van der Waals surface area contributed by atoms with Crippen molar-refractivity contribution in [1.82, 2.24) is 5.32 Å². The van der Waals surface area contributed by atoms with E-state index in [0.717, 1.165) is 30.4 Å². The van der Waals surface area contributed by atoms with Crippen LogP contribution < -0.4 is 14.8 Å². The van der Waals surface area contributed by atoms with E-state index in [0.29, 0.717) is 12.6 Å². The van der Waals surface area contributed by atoms with E-state index in [1.54, 1.807) is 0 Å². The van der Waals surface area contributed by atoms with E-state index in [2.05, 4.69) is 38.2 Å². The lowest BCUT2D eigenvalue weighted by molar-refractivity contribution is 0.132. The number of para-hydroxylation sites is 1. The lowest BCUT2D eigenvalue weighted by Crippen LogP contribution is -2.31. The monoisotopic (exact) mass is 275 g/mol. The van der Waals surface area contributed by atoms with Crippen LogP contribution in [0.5, 0.6) is 11.5 Å². The summed E-state index contributed by atoms with van der Waals surface area (Å²) in [7, 11) is 0. The Bertz CT molecular complexity index is 480. The minimum Gasteiger partial charge on any atom is -0.488 e. The average molecular weight is 275 g/mol. The molecule has 1 unspecified atom stereocenters. The van der Waals surface area contributed by atoms with E-state index in [-0.39, 0.29) is 5.60 Å². The van der Waals surface area contributed by atoms with Gasteiger partial charge in [-0.25, -0.2) is 0 Å². The Labute approximate surface area is 121 Å². The Kier molecular flexibility index (Phi) is 3.63. The maximum Gasteiger partial charge on any atom is 0.165 e. The fourth-order valence-electron chi connectivity index (χ4n) is 2.91. The molecule has 3 nitrogen and oxygen atoms in total. The van der Waals surface area contributed by atoms with Gasteiger partial charge in [0.2, 0.25) is 0 Å². The van der Waals surface area contributed by atoms with Crippen LogP contribution in [-0.2, 0) is 6.42 Å². The molecule has 0 radical (unpaired) electrons. The molecule has 3 rings (SSSR count). The first-order valence-electron chi connectivity index (χ1n) is 7.72. The second-order valence-corrected chi connectivity index (χ2v) is 6.71. The maximum atomic E-state index is 6.01. The molecule has 0 bridgehead atoms. The summed E-state index contributed by atoms with van der Waals surface area (Å²) in [6.45, 7) is 8.09. The first-order chi connectivity index (χ1) is 9.55. The topological polar surface area (TPSA) is 30.5 Å². The van der Waals surface area contributed by atoms with Crippen LogP contribution in [0.25, 0.3) is 0 Å². The van der Waals surface area contributed by atoms with Gasteiger partial charge in [0, 0.05) is 24.6 Å². The molecule has 1 aliphatic carbocycles. The van der Waals surface area contributed by atoms with Crippen LogP contribution in [0.2, 0.25) is 0 Å². The molecule has 1 N–H and O–H groups in total. The summed E-state index contributed by atoms with van der Waals surface area (Å²) in [4.78, 5) is 0. The first kappa shape index (κ1) is 13.7. The second kappa shape index (κ2) is 5.28. The van der Waals surface area contributed by atoms with Crippen LogP contribution in [0.15, 0.2) is 18.2 Å². The minimum atomic E-state index is -0.111. The summed E-state index contributed by atoms with van der Waals surface area (Å²) in [5.74, 6) is 2.71. The van der Waals surface area contributed by atoms with Gasteiger partial charge < -0.3 is 14.8 Å². The lowest BCUT2D eigenvalue weighted by atomic mass is 10.0. The van der Waals surface area contributed by atoms with Crippen molar-refractivity contribution < 1.29 is 9.47 Å².